The molecule has 8 heteroatoms. The van der Waals surface area contributed by atoms with E-state index in [1.165, 1.54) is 10.4 Å². The van der Waals surface area contributed by atoms with Crippen LogP contribution in [0.25, 0.3) is 16.6 Å². The molecule has 1 saturated heterocycles. The molecule has 0 unspecified atom stereocenters. The lowest BCUT2D eigenvalue weighted by atomic mass is 10.2. The maximum absolute atomic E-state index is 13.0. The minimum absolute atomic E-state index is 0.142. The van der Waals surface area contributed by atoms with Crippen molar-refractivity contribution in [2.75, 3.05) is 31.1 Å². The summed E-state index contributed by atoms with van der Waals surface area (Å²) in [4.78, 5) is 30.0. The van der Waals surface area contributed by atoms with E-state index in [-0.39, 0.29) is 11.5 Å². The first-order valence-corrected chi connectivity index (χ1v) is 11.6. The van der Waals surface area contributed by atoms with Crippen LogP contribution in [0.3, 0.4) is 0 Å². The molecule has 1 fully saturated rings. The van der Waals surface area contributed by atoms with Crippen LogP contribution >= 0.6 is 0 Å². The van der Waals surface area contributed by atoms with Crippen molar-refractivity contribution in [3.05, 3.63) is 64.4 Å². The lowest BCUT2D eigenvalue weighted by Gasteiger charge is -2.36. The van der Waals surface area contributed by atoms with Crippen molar-refractivity contribution < 1.29 is 9.21 Å². The van der Waals surface area contributed by atoms with Gasteiger partial charge >= 0.3 is 0 Å². The molecular formula is C25H29N5O3. The normalized spacial score (nSPS) is 14.5. The summed E-state index contributed by atoms with van der Waals surface area (Å²) < 4.78 is 9.10. The second-order valence-electron chi connectivity index (χ2n) is 8.58. The van der Waals surface area contributed by atoms with Gasteiger partial charge in [-0.15, -0.1) is 0 Å². The second-order valence-corrected chi connectivity index (χ2v) is 8.58. The smallest absolute Gasteiger partial charge is 0.291 e. The predicted molar refractivity (Wildman–Crippen MR) is 128 cm³/mol. The molecule has 3 aromatic heterocycles. The van der Waals surface area contributed by atoms with Gasteiger partial charge in [0, 0.05) is 63.4 Å². The Kier molecular flexibility index (Phi) is 5.66. The molecule has 1 aliphatic heterocycles. The molecule has 0 bridgehead atoms. The average Bonchev–Trinajstić information content (AvgIpc) is 3.37. The maximum Gasteiger partial charge on any atom is 0.291 e. The van der Waals surface area contributed by atoms with Gasteiger partial charge in [-0.2, -0.15) is 5.10 Å². The molecular weight excluding hydrogens is 418 g/mol. The first-order valence-electron chi connectivity index (χ1n) is 11.6. The number of hydrogen-bond acceptors (Lipinski definition) is 5. The van der Waals surface area contributed by atoms with E-state index in [0.717, 1.165) is 43.3 Å². The molecule has 172 valence electrons. The monoisotopic (exact) mass is 447 g/mol. The number of rotatable bonds is 6. The third-order valence-electron chi connectivity index (χ3n) is 6.39. The molecule has 0 radical (unpaired) electrons. The number of carbonyl (C=O) groups is 1. The Morgan fingerprint density at radius 1 is 1.06 bits per heavy atom. The Labute approximate surface area is 192 Å². The van der Waals surface area contributed by atoms with Crippen LogP contribution in [0, 0.1) is 6.92 Å². The van der Waals surface area contributed by atoms with Crippen molar-refractivity contribution in [2.45, 2.75) is 39.7 Å². The van der Waals surface area contributed by atoms with Crippen molar-refractivity contribution in [1.29, 1.82) is 0 Å². The summed E-state index contributed by atoms with van der Waals surface area (Å²) in [5.74, 6) is 1.76. The molecule has 4 heterocycles. The Morgan fingerprint density at radius 2 is 1.82 bits per heavy atom. The van der Waals surface area contributed by atoms with Gasteiger partial charge in [-0.25, -0.2) is 4.68 Å². The number of aryl methyl sites for hydroxylation is 3. The van der Waals surface area contributed by atoms with Gasteiger partial charge in [0.25, 0.3) is 5.56 Å². The molecule has 0 saturated carbocycles. The molecule has 0 atom stereocenters. The van der Waals surface area contributed by atoms with Gasteiger partial charge < -0.3 is 14.2 Å². The summed E-state index contributed by atoms with van der Waals surface area (Å²) in [5, 5.41) is 4.60. The van der Waals surface area contributed by atoms with E-state index in [1.807, 2.05) is 47.4 Å². The van der Waals surface area contributed by atoms with Gasteiger partial charge in [0.15, 0.2) is 5.58 Å². The fourth-order valence-electron chi connectivity index (χ4n) is 4.68. The molecule has 1 aliphatic rings. The molecule has 5 rings (SSSR count). The SMILES string of the molecule is CCc1nn(CCCC(=O)N2CCN(c3ccccc3)CC2)c(=O)c2cc3oc(C)cc3n12. The zero-order valence-electron chi connectivity index (χ0n) is 19.2. The topological polar surface area (TPSA) is 76.0 Å². The summed E-state index contributed by atoms with van der Waals surface area (Å²) >= 11 is 0. The van der Waals surface area contributed by atoms with Gasteiger partial charge in [-0.05, 0) is 25.5 Å². The molecule has 0 N–H and O–H groups in total. The molecule has 8 nitrogen and oxygen atoms in total. The van der Waals surface area contributed by atoms with E-state index >= 15 is 0 Å². The first-order chi connectivity index (χ1) is 16.0. The van der Waals surface area contributed by atoms with Gasteiger partial charge in [0.1, 0.15) is 17.1 Å². The standard InChI is InChI=1S/C25H29N5O3/c1-3-23-26-29(25(32)21-17-22-20(30(21)23)16-18(2)33-22)11-7-10-24(31)28-14-12-27(13-15-28)19-8-5-4-6-9-19/h4-6,8-9,16-17H,3,7,10-15H2,1-2H3. The van der Waals surface area contributed by atoms with Crippen LogP contribution in [0.1, 0.15) is 31.4 Å². The van der Waals surface area contributed by atoms with Crippen LogP contribution in [-0.4, -0.2) is 51.2 Å². The molecule has 0 spiro atoms. The first kappa shape index (κ1) is 21.3. The van der Waals surface area contributed by atoms with Crippen molar-refractivity contribution >= 4 is 28.2 Å². The highest BCUT2D eigenvalue weighted by molar-refractivity contribution is 5.83. The number of hydrogen-bond donors (Lipinski definition) is 0. The molecule has 1 aromatic carbocycles. The Bertz CT molecular complexity index is 1340. The number of furan rings is 1. The van der Waals surface area contributed by atoms with E-state index in [2.05, 4.69) is 22.1 Å². The van der Waals surface area contributed by atoms with Crippen molar-refractivity contribution in [2.24, 2.45) is 0 Å². The van der Waals surface area contributed by atoms with Crippen molar-refractivity contribution in [3.8, 4) is 0 Å². The summed E-state index contributed by atoms with van der Waals surface area (Å²) in [6.07, 6.45) is 1.68. The van der Waals surface area contributed by atoms with Gasteiger partial charge in [0.05, 0.1) is 5.52 Å². The van der Waals surface area contributed by atoms with Crippen LogP contribution in [-0.2, 0) is 17.8 Å². The third-order valence-corrected chi connectivity index (χ3v) is 6.39. The predicted octanol–water partition coefficient (Wildman–Crippen LogP) is 3.24. The van der Waals surface area contributed by atoms with Crippen LogP contribution in [0.5, 0.6) is 0 Å². The van der Waals surface area contributed by atoms with Crippen LogP contribution in [0.15, 0.2) is 51.7 Å². The molecule has 0 aliphatic carbocycles. The summed E-state index contributed by atoms with van der Waals surface area (Å²) in [6, 6.07) is 14.0. The minimum atomic E-state index is -0.153. The zero-order chi connectivity index (χ0) is 22.9. The molecule has 4 aromatic rings. The van der Waals surface area contributed by atoms with Crippen molar-refractivity contribution in [1.82, 2.24) is 19.1 Å². The zero-order valence-corrected chi connectivity index (χ0v) is 19.2. The fourth-order valence-corrected chi connectivity index (χ4v) is 4.68. The fraction of sp³-hybridized carbons (Fsp3) is 0.400. The van der Waals surface area contributed by atoms with Gasteiger partial charge in [-0.1, -0.05) is 25.1 Å². The summed E-state index contributed by atoms with van der Waals surface area (Å²) in [6.45, 7) is 7.45. The van der Waals surface area contributed by atoms with E-state index in [0.29, 0.717) is 36.9 Å². The van der Waals surface area contributed by atoms with E-state index in [4.69, 9.17) is 4.42 Å². The van der Waals surface area contributed by atoms with E-state index < -0.39 is 0 Å². The molecule has 1 amide bonds. The number of para-hydroxylation sites is 1. The number of aromatic nitrogens is 3. The highest BCUT2D eigenvalue weighted by Crippen LogP contribution is 2.23. The average molecular weight is 448 g/mol. The number of fused-ring (bicyclic) bond motifs is 3. The number of benzene rings is 1. The number of nitrogens with zero attached hydrogens (tertiary/aromatic N) is 5. The number of amides is 1. The molecule has 33 heavy (non-hydrogen) atoms. The highest BCUT2D eigenvalue weighted by atomic mass is 16.3. The van der Waals surface area contributed by atoms with Gasteiger partial charge in [-0.3, -0.25) is 14.0 Å². The van der Waals surface area contributed by atoms with Crippen LogP contribution in [0.2, 0.25) is 0 Å². The van der Waals surface area contributed by atoms with Crippen molar-refractivity contribution in [3.63, 3.8) is 0 Å². The number of carbonyl (C=O) groups excluding carboxylic acids is 1. The van der Waals surface area contributed by atoms with E-state index in [1.54, 1.807) is 6.07 Å². The van der Waals surface area contributed by atoms with Crippen LogP contribution < -0.4 is 10.5 Å². The highest BCUT2D eigenvalue weighted by Gasteiger charge is 2.21. The maximum atomic E-state index is 13.0. The number of anilines is 1. The number of piperazine rings is 1. The summed E-state index contributed by atoms with van der Waals surface area (Å²) in [7, 11) is 0. The quantitative estimate of drug-likeness (QED) is 0.454. The second kappa shape index (κ2) is 8.77. The third kappa shape index (κ3) is 4.01. The lowest BCUT2D eigenvalue weighted by Crippen LogP contribution is -2.48. The van der Waals surface area contributed by atoms with Crippen LogP contribution in [0.4, 0.5) is 5.69 Å². The lowest BCUT2D eigenvalue weighted by molar-refractivity contribution is -0.131. The van der Waals surface area contributed by atoms with Gasteiger partial charge in [0.2, 0.25) is 5.91 Å². The Morgan fingerprint density at radius 3 is 2.55 bits per heavy atom. The Balaban J connectivity index is 1.23. The van der Waals surface area contributed by atoms with E-state index in [9.17, 15) is 9.59 Å². The minimum Gasteiger partial charge on any atom is -0.460 e. The summed E-state index contributed by atoms with van der Waals surface area (Å²) in [5.41, 5.74) is 3.19. The largest absolute Gasteiger partial charge is 0.460 e. The Hall–Kier alpha value is -3.55.